The first kappa shape index (κ1) is 17.3. The monoisotopic (exact) mass is 362 g/mol. The average molecular weight is 362 g/mol. The Morgan fingerprint density at radius 1 is 1.07 bits per heavy atom. The lowest BCUT2D eigenvalue weighted by atomic mass is 10.1. The van der Waals surface area contributed by atoms with E-state index >= 15 is 0 Å². The van der Waals surface area contributed by atoms with Gasteiger partial charge in [0.05, 0.1) is 7.11 Å². The molecule has 0 saturated carbocycles. The summed E-state index contributed by atoms with van der Waals surface area (Å²) >= 11 is 0. The van der Waals surface area contributed by atoms with Crippen LogP contribution in [0.2, 0.25) is 0 Å². The van der Waals surface area contributed by atoms with Gasteiger partial charge in [0.2, 0.25) is 5.90 Å². The van der Waals surface area contributed by atoms with Gasteiger partial charge in [-0.2, -0.15) is 0 Å². The largest absolute Gasteiger partial charge is 0.497 e. The summed E-state index contributed by atoms with van der Waals surface area (Å²) in [6.07, 6.45) is 5.57. The third-order valence-corrected chi connectivity index (χ3v) is 4.85. The van der Waals surface area contributed by atoms with E-state index in [1.165, 1.54) is 24.9 Å². The molecule has 1 fully saturated rings. The summed E-state index contributed by atoms with van der Waals surface area (Å²) in [5.74, 6) is 0.556. The molecule has 138 valence electrons. The van der Waals surface area contributed by atoms with Crippen molar-refractivity contribution in [3.8, 4) is 5.75 Å². The minimum Gasteiger partial charge on any atom is -0.497 e. The number of anilines is 1. The Labute approximate surface area is 158 Å². The number of methoxy groups -OCH3 is 1. The molecule has 0 unspecified atom stereocenters. The molecular weight excluding hydrogens is 340 g/mol. The Kier molecular flexibility index (Phi) is 4.92. The predicted molar refractivity (Wildman–Crippen MR) is 106 cm³/mol. The van der Waals surface area contributed by atoms with Crippen LogP contribution in [0.15, 0.2) is 59.2 Å². The van der Waals surface area contributed by atoms with Crippen LogP contribution in [0.3, 0.4) is 0 Å². The van der Waals surface area contributed by atoms with E-state index in [1.807, 2.05) is 30.3 Å². The van der Waals surface area contributed by atoms with Crippen molar-refractivity contribution in [3.05, 3.63) is 65.4 Å². The summed E-state index contributed by atoms with van der Waals surface area (Å²) in [5.41, 5.74) is 3.18. The third-order valence-electron chi connectivity index (χ3n) is 4.85. The van der Waals surface area contributed by atoms with Crippen molar-refractivity contribution in [1.29, 1.82) is 0 Å². The summed E-state index contributed by atoms with van der Waals surface area (Å²) in [5, 5.41) is 0. The lowest BCUT2D eigenvalue weighted by Crippen LogP contribution is -2.29. The number of piperidine rings is 1. The van der Waals surface area contributed by atoms with Gasteiger partial charge in [0.15, 0.2) is 5.70 Å². The first-order chi connectivity index (χ1) is 13.2. The Hall–Kier alpha value is -3.08. The molecular formula is C22H22N2O3. The highest BCUT2D eigenvalue weighted by Gasteiger charge is 2.24. The van der Waals surface area contributed by atoms with Gasteiger partial charge >= 0.3 is 5.97 Å². The van der Waals surface area contributed by atoms with Crippen LogP contribution in [0, 0.1) is 0 Å². The molecule has 0 amide bonds. The first-order valence-corrected chi connectivity index (χ1v) is 9.25. The molecule has 2 aromatic carbocycles. The van der Waals surface area contributed by atoms with Crippen LogP contribution in [0.4, 0.5) is 5.69 Å². The van der Waals surface area contributed by atoms with Crippen molar-refractivity contribution >= 4 is 23.6 Å². The third kappa shape index (κ3) is 3.87. The standard InChI is InChI=1S/C22H22N2O3/c1-26-19-7-5-6-17(15-19)21-23-20(22(25)27-21)14-16-8-10-18(11-9-16)24-12-3-2-4-13-24/h5-11,14-15H,2-4,12-13H2,1H3/b20-14-. The van der Waals surface area contributed by atoms with Crippen LogP contribution in [0.5, 0.6) is 5.75 Å². The van der Waals surface area contributed by atoms with Gasteiger partial charge in [-0.25, -0.2) is 9.79 Å². The van der Waals surface area contributed by atoms with Crippen LogP contribution >= 0.6 is 0 Å². The van der Waals surface area contributed by atoms with Crippen LogP contribution in [-0.2, 0) is 9.53 Å². The molecule has 0 N–H and O–H groups in total. The molecule has 27 heavy (non-hydrogen) atoms. The molecule has 2 aromatic rings. The predicted octanol–water partition coefficient (Wildman–Crippen LogP) is 4.03. The van der Waals surface area contributed by atoms with Crippen molar-refractivity contribution in [3.63, 3.8) is 0 Å². The zero-order valence-electron chi connectivity index (χ0n) is 15.4. The van der Waals surface area contributed by atoms with E-state index in [9.17, 15) is 4.79 Å². The quantitative estimate of drug-likeness (QED) is 0.609. The molecule has 0 aromatic heterocycles. The fraction of sp³-hybridized carbons (Fsp3) is 0.273. The van der Waals surface area contributed by atoms with E-state index in [2.05, 4.69) is 22.0 Å². The molecule has 1 saturated heterocycles. The molecule has 0 spiro atoms. The lowest BCUT2D eigenvalue weighted by Gasteiger charge is -2.28. The van der Waals surface area contributed by atoms with Gasteiger partial charge in [0.25, 0.3) is 0 Å². The number of benzene rings is 2. The summed E-state index contributed by atoms with van der Waals surface area (Å²) in [7, 11) is 1.60. The maximum Gasteiger partial charge on any atom is 0.363 e. The van der Waals surface area contributed by atoms with Gasteiger partial charge in [-0.1, -0.05) is 18.2 Å². The second-order valence-electron chi connectivity index (χ2n) is 6.71. The smallest absolute Gasteiger partial charge is 0.363 e. The van der Waals surface area contributed by atoms with E-state index in [0.717, 1.165) is 18.7 Å². The number of rotatable bonds is 4. The number of carbonyl (C=O) groups is 1. The van der Waals surface area contributed by atoms with E-state index < -0.39 is 5.97 Å². The number of cyclic esters (lactones) is 1. The molecule has 0 atom stereocenters. The zero-order valence-corrected chi connectivity index (χ0v) is 15.4. The minimum absolute atomic E-state index is 0.301. The summed E-state index contributed by atoms with van der Waals surface area (Å²) in [4.78, 5) is 19.0. The van der Waals surface area contributed by atoms with Gasteiger partial charge in [0.1, 0.15) is 5.75 Å². The van der Waals surface area contributed by atoms with Gasteiger partial charge in [0, 0.05) is 24.3 Å². The molecule has 4 rings (SSSR count). The topological polar surface area (TPSA) is 51.1 Å². The molecule has 0 aliphatic carbocycles. The highest BCUT2D eigenvalue weighted by atomic mass is 16.6. The van der Waals surface area contributed by atoms with Gasteiger partial charge < -0.3 is 14.4 Å². The minimum atomic E-state index is -0.437. The second kappa shape index (κ2) is 7.66. The Morgan fingerprint density at radius 3 is 2.59 bits per heavy atom. The van der Waals surface area contributed by atoms with Crippen molar-refractivity contribution in [2.45, 2.75) is 19.3 Å². The van der Waals surface area contributed by atoms with E-state index in [0.29, 0.717) is 22.9 Å². The van der Waals surface area contributed by atoms with Crippen LogP contribution in [0.25, 0.3) is 6.08 Å². The first-order valence-electron chi connectivity index (χ1n) is 9.25. The van der Waals surface area contributed by atoms with E-state index in [1.54, 1.807) is 19.3 Å². The van der Waals surface area contributed by atoms with Crippen molar-refractivity contribution < 1.29 is 14.3 Å². The fourth-order valence-corrected chi connectivity index (χ4v) is 3.38. The zero-order chi connectivity index (χ0) is 18.6. The van der Waals surface area contributed by atoms with Crippen LogP contribution in [-0.4, -0.2) is 32.1 Å². The van der Waals surface area contributed by atoms with Crippen molar-refractivity contribution in [2.24, 2.45) is 4.99 Å². The van der Waals surface area contributed by atoms with Gasteiger partial charge in [-0.3, -0.25) is 0 Å². The maximum atomic E-state index is 12.2. The number of aliphatic imine (C=N–C) groups is 1. The number of nitrogens with zero attached hydrogens (tertiary/aromatic N) is 2. The molecule has 5 nitrogen and oxygen atoms in total. The van der Waals surface area contributed by atoms with E-state index in [-0.39, 0.29) is 0 Å². The summed E-state index contributed by atoms with van der Waals surface area (Å²) in [6.45, 7) is 2.22. The molecule has 0 bridgehead atoms. The number of hydrogen-bond acceptors (Lipinski definition) is 5. The second-order valence-corrected chi connectivity index (χ2v) is 6.71. The highest BCUT2D eigenvalue weighted by Crippen LogP contribution is 2.24. The fourth-order valence-electron chi connectivity index (χ4n) is 3.38. The molecule has 2 aliphatic rings. The number of esters is 1. The molecule has 5 heteroatoms. The number of carbonyl (C=O) groups excluding carboxylic acids is 1. The normalized spacial score (nSPS) is 18.4. The van der Waals surface area contributed by atoms with Gasteiger partial charge in [-0.15, -0.1) is 0 Å². The van der Waals surface area contributed by atoms with Crippen molar-refractivity contribution in [1.82, 2.24) is 0 Å². The molecule has 2 heterocycles. The Balaban J connectivity index is 1.54. The Bertz CT molecular complexity index is 894. The molecule has 0 radical (unpaired) electrons. The van der Waals surface area contributed by atoms with Crippen LogP contribution < -0.4 is 9.64 Å². The summed E-state index contributed by atoms with van der Waals surface area (Å²) in [6, 6.07) is 15.5. The van der Waals surface area contributed by atoms with Crippen molar-refractivity contribution in [2.75, 3.05) is 25.1 Å². The average Bonchev–Trinajstić information content (AvgIpc) is 3.10. The SMILES string of the molecule is COc1cccc(C2=N/C(=C\c3ccc(N4CCCCC4)cc3)C(=O)O2)c1. The number of hydrogen-bond donors (Lipinski definition) is 0. The number of ether oxygens (including phenoxy) is 2. The van der Waals surface area contributed by atoms with Crippen LogP contribution in [0.1, 0.15) is 30.4 Å². The van der Waals surface area contributed by atoms with Gasteiger partial charge in [-0.05, 0) is 61.2 Å². The highest BCUT2D eigenvalue weighted by molar-refractivity contribution is 6.13. The van der Waals surface area contributed by atoms with E-state index in [4.69, 9.17) is 9.47 Å². The summed E-state index contributed by atoms with van der Waals surface area (Å²) < 4.78 is 10.5. The molecule has 2 aliphatic heterocycles. The lowest BCUT2D eigenvalue weighted by molar-refractivity contribution is -0.129. The maximum absolute atomic E-state index is 12.2. The Morgan fingerprint density at radius 2 is 1.85 bits per heavy atom.